The minimum absolute atomic E-state index is 0.305. The maximum absolute atomic E-state index is 10.5. The van der Waals surface area contributed by atoms with Crippen LogP contribution in [0, 0.1) is 0 Å². The summed E-state index contributed by atoms with van der Waals surface area (Å²) in [6, 6.07) is 4.13. The zero-order valence-corrected chi connectivity index (χ0v) is 11.3. The maximum atomic E-state index is 10.5. The molecule has 3 heteroatoms. The Morgan fingerprint density at radius 2 is 2.06 bits per heavy atom. The van der Waals surface area contributed by atoms with E-state index in [1.807, 2.05) is 6.07 Å². The number of ether oxygens (including phenoxy) is 1. The number of rotatable bonds is 4. The van der Waals surface area contributed by atoms with Crippen LogP contribution in [0.2, 0.25) is 0 Å². The summed E-state index contributed by atoms with van der Waals surface area (Å²) < 4.78 is 5.72. The molecule has 2 nitrogen and oxygen atoms in total. The molecule has 0 spiro atoms. The third kappa shape index (κ3) is 3.09. The smallest absolute Gasteiger partial charge is 0.0939 e. The van der Waals surface area contributed by atoms with Gasteiger partial charge in [-0.05, 0) is 24.3 Å². The van der Waals surface area contributed by atoms with E-state index in [9.17, 15) is 5.11 Å². The Balaban J connectivity index is 2.04. The highest BCUT2D eigenvalue weighted by Gasteiger charge is 2.38. The molecule has 17 heavy (non-hydrogen) atoms. The lowest BCUT2D eigenvalue weighted by atomic mass is 9.86. The number of aliphatic hydroxyl groups is 1. The van der Waals surface area contributed by atoms with Crippen molar-refractivity contribution in [1.82, 2.24) is 0 Å². The summed E-state index contributed by atoms with van der Waals surface area (Å²) in [6.07, 6.45) is 7.25. The molecular formula is C14H22O2S. The van der Waals surface area contributed by atoms with Crippen LogP contribution in [0.15, 0.2) is 17.5 Å². The first kappa shape index (κ1) is 13.1. The molecule has 0 aliphatic heterocycles. The van der Waals surface area contributed by atoms with Gasteiger partial charge >= 0.3 is 0 Å². The number of aliphatic hydroxyl groups excluding tert-OH is 1. The van der Waals surface area contributed by atoms with E-state index in [0.29, 0.717) is 0 Å². The average Bonchev–Trinajstić information content (AvgIpc) is 2.72. The summed E-state index contributed by atoms with van der Waals surface area (Å²) in [5.41, 5.74) is -0.305. The van der Waals surface area contributed by atoms with Crippen molar-refractivity contribution in [3.05, 3.63) is 22.4 Å². The summed E-state index contributed by atoms with van der Waals surface area (Å²) >= 11 is 1.71. The standard InChI is InChI=1S/C14H22O2S/c1-16-14(8-4-2-3-5-9-14)13(15)11-12-7-6-10-17-12/h6-7,10,13,15H,2-5,8-9,11H2,1H3. The van der Waals surface area contributed by atoms with E-state index >= 15 is 0 Å². The van der Waals surface area contributed by atoms with Crippen molar-refractivity contribution in [1.29, 1.82) is 0 Å². The second-order valence-corrected chi connectivity index (χ2v) is 6.01. The van der Waals surface area contributed by atoms with Gasteiger partial charge in [-0.2, -0.15) is 0 Å². The van der Waals surface area contributed by atoms with Crippen molar-refractivity contribution >= 4 is 11.3 Å². The molecule has 0 aromatic carbocycles. The van der Waals surface area contributed by atoms with Crippen molar-refractivity contribution in [3.8, 4) is 0 Å². The first-order chi connectivity index (χ1) is 8.27. The van der Waals surface area contributed by atoms with Crippen molar-refractivity contribution in [2.45, 2.75) is 56.7 Å². The molecule has 1 aliphatic carbocycles. The van der Waals surface area contributed by atoms with Crippen LogP contribution in [0.25, 0.3) is 0 Å². The lowest BCUT2D eigenvalue weighted by molar-refractivity contribution is -0.110. The maximum Gasteiger partial charge on any atom is 0.0939 e. The average molecular weight is 254 g/mol. The van der Waals surface area contributed by atoms with Crippen molar-refractivity contribution in [2.24, 2.45) is 0 Å². The van der Waals surface area contributed by atoms with Crippen LogP contribution < -0.4 is 0 Å². The lowest BCUT2D eigenvalue weighted by Crippen LogP contribution is -2.45. The molecular weight excluding hydrogens is 232 g/mol. The normalized spacial score (nSPS) is 22.0. The SMILES string of the molecule is COC1(C(O)Cc2cccs2)CCCCCC1. The molecule has 1 aliphatic rings. The monoisotopic (exact) mass is 254 g/mol. The van der Waals surface area contributed by atoms with Gasteiger partial charge in [0.1, 0.15) is 0 Å². The summed E-state index contributed by atoms with van der Waals surface area (Å²) in [4.78, 5) is 1.25. The highest BCUT2D eigenvalue weighted by atomic mass is 32.1. The van der Waals surface area contributed by atoms with Gasteiger partial charge in [0, 0.05) is 18.4 Å². The molecule has 1 saturated carbocycles. The van der Waals surface area contributed by atoms with Crippen LogP contribution in [0.5, 0.6) is 0 Å². The van der Waals surface area contributed by atoms with Crippen LogP contribution >= 0.6 is 11.3 Å². The second kappa shape index (κ2) is 5.98. The topological polar surface area (TPSA) is 29.5 Å². The molecule has 1 fully saturated rings. The van der Waals surface area contributed by atoms with Gasteiger partial charge in [0.05, 0.1) is 11.7 Å². The number of hydrogen-bond donors (Lipinski definition) is 1. The van der Waals surface area contributed by atoms with Gasteiger partial charge in [-0.3, -0.25) is 0 Å². The largest absolute Gasteiger partial charge is 0.390 e. The molecule has 0 bridgehead atoms. The third-order valence-electron chi connectivity index (χ3n) is 3.94. The van der Waals surface area contributed by atoms with E-state index in [2.05, 4.69) is 11.4 Å². The Morgan fingerprint density at radius 1 is 1.35 bits per heavy atom. The first-order valence-corrected chi connectivity index (χ1v) is 7.40. The van der Waals surface area contributed by atoms with Crippen LogP contribution in [0.3, 0.4) is 0 Å². The Hall–Kier alpha value is -0.380. The fourth-order valence-corrected chi connectivity index (χ4v) is 3.55. The van der Waals surface area contributed by atoms with Crippen molar-refractivity contribution < 1.29 is 9.84 Å². The van der Waals surface area contributed by atoms with Crippen LogP contribution in [-0.4, -0.2) is 23.9 Å². The predicted molar refractivity (Wildman–Crippen MR) is 71.5 cm³/mol. The number of thiophene rings is 1. The van der Waals surface area contributed by atoms with Crippen molar-refractivity contribution in [3.63, 3.8) is 0 Å². The van der Waals surface area contributed by atoms with E-state index in [1.54, 1.807) is 18.4 Å². The molecule has 1 heterocycles. The van der Waals surface area contributed by atoms with Gasteiger partial charge in [-0.25, -0.2) is 0 Å². The Bertz CT molecular complexity index is 313. The number of hydrogen-bond acceptors (Lipinski definition) is 3. The second-order valence-electron chi connectivity index (χ2n) is 4.98. The molecule has 1 unspecified atom stereocenters. The van der Waals surface area contributed by atoms with Crippen molar-refractivity contribution in [2.75, 3.05) is 7.11 Å². The Labute approximate surface area is 108 Å². The van der Waals surface area contributed by atoms with Crippen LogP contribution in [-0.2, 0) is 11.2 Å². The minimum Gasteiger partial charge on any atom is -0.390 e. The van der Waals surface area contributed by atoms with E-state index in [0.717, 1.165) is 19.3 Å². The van der Waals surface area contributed by atoms with E-state index < -0.39 is 0 Å². The summed E-state index contributed by atoms with van der Waals surface area (Å²) in [6.45, 7) is 0. The van der Waals surface area contributed by atoms with Gasteiger partial charge in [-0.15, -0.1) is 11.3 Å². The molecule has 0 saturated heterocycles. The lowest BCUT2D eigenvalue weighted by Gasteiger charge is -2.36. The molecule has 1 atom stereocenters. The van der Waals surface area contributed by atoms with Gasteiger partial charge in [-0.1, -0.05) is 31.7 Å². The molecule has 0 amide bonds. The van der Waals surface area contributed by atoms with Crippen LogP contribution in [0.1, 0.15) is 43.4 Å². The van der Waals surface area contributed by atoms with E-state index in [1.165, 1.54) is 30.6 Å². The Morgan fingerprint density at radius 3 is 2.59 bits per heavy atom. The van der Waals surface area contributed by atoms with Gasteiger partial charge in [0.2, 0.25) is 0 Å². The molecule has 0 radical (unpaired) electrons. The summed E-state index contributed by atoms with van der Waals surface area (Å²) in [5, 5.41) is 12.6. The fourth-order valence-electron chi connectivity index (χ4n) is 2.81. The highest BCUT2D eigenvalue weighted by Crippen LogP contribution is 2.34. The van der Waals surface area contributed by atoms with E-state index in [-0.39, 0.29) is 11.7 Å². The van der Waals surface area contributed by atoms with Gasteiger partial charge in [0.25, 0.3) is 0 Å². The van der Waals surface area contributed by atoms with Crippen LogP contribution in [0.4, 0.5) is 0 Å². The Kier molecular flexibility index (Phi) is 4.60. The first-order valence-electron chi connectivity index (χ1n) is 6.52. The summed E-state index contributed by atoms with van der Waals surface area (Å²) in [7, 11) is 1.75. The highest BCUT2D eigenvalue weighted by molar-refractivity contribution is 7.09. The quantitative estimate of drug-likeness (QED) is 0.835. The molecule has 1 aromatic heterocycles. The predicted octanol–water partition coefficient (Wildman–Crippen LogP) is 3.39. The third-order valence-corrected chi connectivity index (χ3v) is 4.84. The zero-order chi connectivity index (χ0) is 12.1. The van der Waals surface area contributed by atoms with Gasteiger partial charge < -0.3 is 9.84 Å². The minimum atomic E-state index is -0.371. The van der Waals surface area contributed by atoms with E-state index in [4.69, 9.17) is 4.74 Å². The number of methoxy groups -OCH3 is 1. The molecule has 1 aromatic rings. The summed E-state index contributed by atoms with van der Waals surface area (Å²) in [5.74, 6) is 0. The fraction of sp³-hybridized carbons (Fsp3) is 0.714. The molecule has 1 N–H and O–H groups in total. The molecule has 2 rings (SSSR count). The molecule has 96 valence electrons. The zero-order valence-electron chi connectivity index (χ0n) is 10.5. The van der Waals surface area contributed by atoms with Gasteiger partial charge in [0.15, 0.2) is 0 Å².